The zero-order valence-corrected chi connectivity index (χ0v) is 13.4. The molecule has 2 rings (SSSR count). The van der Waals surface area contributed by atoms with E-state index in [-0.39, 0.29) is 5.84 Å². The molecule has 0 atom stereocenters. The molecule has 0 spiro atoms. The average Bonchev–Trinajstić information content (AvgIpc) is 2.52. The number of hydrogen-bond acceptors (Lipinski definition) is 3. The highest BCUT2D eigenvalue weighted by Crippen LogP contribution is 2.26. The molecule has 21 heavy (non-hydrogen) atoms. The zero-order chi connectivity index (χ0) is 15.2. The summed E-state index contributed by atoms with van der Waals surface area (Å²) >= 11 is 3.54. The van der Waals surface area contributed by atoms with Gasteiger partial charge in [0.1, 0.15) is 0 Å². The Morgan fingerprint density at radius 1 is 1.24 bits per heavy atom. The Labute approximate surface area is 133 Å². The molecule has 0 bridgehead atoms. The summed E-state index contributed by atoms with van der Waals surface area (Å²) in [6, 6.07) is 16.0. The summed E-state index contributed by atoms with van der Waals surface area (Å²) in [6.07, 6.45) is 0.978. The Kier molecular flexibility index (Phi) is 5.22. The minimum absolute atomic E-state index is 0.106. The summed E-state index contributed by atoms with van der Waals surface area (Å²) in [6.45, 7) is 0.908. The number of halogens is 1. The van der Waals surface area contributed by atoms with E-state index in [4.69, 9.17) is 10.9 Å². The molecule has 0 unspecified atom stereocenters. The fraction of sp³-hybridized carbons (Fsp3) is 0.188. The number of benzene rings is 2. The van der Waals surface area contributed by atoms with Crippen molar-refractivity contribution in [3.05, 3.63) is 64.1 Å². The molecule has 0 saturated carbocycles. The van der Waals surface area contributed by atoms with Crippen LogP contribution in [0.3, 0.4) is 0 Å². The van der Waals surface area contributed by atoms with E-state index in [1.807, 2.05) is 31.3 Å². The van der Waals surface area contributed by atoms with Crippen LogP contribution < -0.4 is 10.6 Å². The topological polar surface area (TPSA) is 61.8 Å². The van der Waals surface area contributed by atoms with E-state index >= 15 is 0 Å². The molecule has 110 valence electrons. The SMILES string of the molecule is CN(CCc1ccccc1)c1ccc(/C(N)=N/O)cc1Br. The molecular formula is C16H18BrN3O. The number of oxime groups is 1. The molecule has 4 nitrogen and oxygen atoms in total. The van der Waals surface area contributed by atoms with Crippen molar-refractivity contribution in [3.8, 4) is 0 Å². The number of nitrogens with zero attached hydrogens (tertiary/aromatic N) is 2. The summed E-state index contributed by atoms with van der Waals surface area (Å²) in [5, 5.41) is 11.7. The van der Waals surface area contributed by atoms with Crippen molar-refractivity contribution in [2.24, 2.45) is 10.9 Å². The number of rotatable bonds is 5. The monoisotopic (exact) mass is 347 g/mol. The number of hydrogen-bond donors (Lipinski definition) is 2. The van der Waals surface area contributed by atoms with E-state index in [0.29, 0.717) is 5.56 Å². The highest BCUT2D eigenvalue weighted by atomic mass is 79.9. The molecule has 0 aromatic heterocycles. The standard InChI is InChI=1S/C16H18BrN3O/c1-20(10-9-12-5-3-2-4-6-12)15-8-7-13(11-14(15)17)16(18)19-21/h2-8,11,21H,9-10H2,1H3,(H2,18,19). The van der Waals surface area contributed by atoms with Crippen molar-refractivity contribution in [1.29, 1.82) is 0 Å². The highest BCUT2D eigenvalue weighted by Gasteiger charge is 2.08. The third kappa shape index (κ3) is 3.98. The second-order valence-electron chi connectivity index (χ2n) is 4.81. The third-order valence-electron chi connectivity index (χ3n) is 3.34. The summed E-state index contributed by atoms with van der Waals surface area (Å²) in [4.78, 5) is 2.17. The van der Waals surface area contributed by atoms with Crippen molar-refractivity contribution < 1.29 is 5.21 Å². The lowest BCUT2D eigenvalue weighted by molar-refractivity contribution is 0.318. The number of likely N-dealkylation sites (N-methyl/N-ethyl adjacent to an activating group) is 1. The highest BCUT2D eigenvalue weighted by molar-refractivity contribution is 9.10. The van der Waals surface area contributed by atoms with Crippen LogP contribution in [-0.2, 0) is 6.42 Å². The maximum absolute atomic E-state index is 8.71. The Balaban J connectivity index is 2.07. The lowest BCUT2D eigenvalue weighted by Crippen LogP contribution is -2.21. The summed E-state index contributed by atoms with van der Waals surface area (Å²) in [5.74, 6) is 0.106. The normalized spacial score (nSPS) is 11.4. The first-order valence-electron chi connectivity index (χ1n) is 6.64. The van der Waals surface area contributed by atoms with Crippen molar-refractivity contribution >= 4 is 27.5 Å². The van der Waals surface area contributed by atoms with Crippen LogP contribution in [0.25, 0.3) is 0 Å². The minimum atomic E-state index is 0.106. The first-order chi connectivity index (χ1) is 10.1. The maximum atomic E-state index is 8.71. The lowest BCUT2D eigenvalue weighted by atomic mass is 10.1. The first kappa shape index (κ1) is 15.4. The molecule has 0 aliphatic rings. The minimum Gasteiger partial charge on any atom is -0.409 e. The van der Waals surface area contributed by atoms with Gasteiger partial charge in [-0.1, -0.05) is 35.5 Å². The molecule has 0 radical (unpaired) electrons. The quantitative estimate of drug-likeness (QED) is 0.377. The Hall–Kier alpha value is -2.01. The van der Waals surface area contributed by atoms with Gasteiger partial charge in [0.05, 0.1) is 5.69 Å². The Morgan fingerprint density at radius 3 is 2.57 bits per heavy atom. The van der Waals surface area contributed by atoms with Crippen LogP contribution in [0.5, 0.6) is 0 Å². The molecule has 5 heteroatoms. The molecule has 0 aliphatic heterocycles. The van der Waals surface area contributed by atoms with Crippen LogP contribution in [0.1, 0.15) is 11.1 Å². The van der Waals surface area contributed by atoms with Gasteiger partial charge < -0.3 is 15.8 Å². The molecule has 2 aromatic carbocycles. The van der Waals surface area contributed by atoms with Crippen LogP contribution in [0, 0.1) is 0 Å². The Bertz CT molecular complexity index is 629. The summed E-state index contributed by atoms with van der Waals surface area (Å²) < 4.78 is 0.919. The largest absolute Gasteiger partial charge is 0.409 e. The molecule has 2 aromatic rings. The van der Waals surface area contributed by atoms with Crippen LogP contribution in [-0.4, -0.2) is 24.6 Å². The van der Waals surface area contributed by atoms with Crippen LogP contribution in [0.2, 0.25) is 0 Å². The number of nitrogens with two attached hydrogens (primary N) is 1. The van der Waals surface area contributed by atoms with Crippen molar-refractivity contribution in [3.63, 3.8) is 0 Å². The second kappa shape index (κ2) is 7.13. The van der Waals surface area contributed by atoms with Gasteiger partial charge in [-0.05, 0) is 46.1 Å². The molecule has 3 N–H and O–H groups in total. The van der Waals surface area contributed by atoms with Crippen molar-refractivity contribution in [1.82, 2.24) is 0 Å². The average molecular weight is 348 g/mol. The number of amidine groups is 1. The molecule has 0 aliphatic carbocycles. The van der Waals surface area contributed by atoms with E-state index < -0.39 is 0 Å². The molecule has 0 amide bonds. The van der Waals surface area contributed by atoms with E-state index in [1.165, 1.54) is 5.56 Å². The summed E-state index contributed by atoms with van der Waals surface area (Å²) in [7, 11) is 2.05. The fourth-order valence-corrected chi connectivity index (χ4v) is 2.78. The van der Waals surface area contributed by atoms with Crippen LogP contribution in [0.15, 0.2) is 58.2 Å². The lowest BCUT2D eigenvalue weighted by Gasteiger charge is -2.21. The predicted molar refractivity (Wildman–Crippen MR) is 90.1 cm³/mol. The van der Waals surface area contributed by atoms with Gasteiger partial charge in [-0.3, -0.25) is 0 Å². The van der Waals surface area contributed by atoms with Gasteiger partial charge in [-0.25, -0.2) is 0 Å². The van der Waals surface area contributed by atoms with Gasteiger partial charge in [-0.2, -0.15) is 0 Å². The Morgan fingerprint density at radius 2 is 1.95 bits per heavy atom. The van der Waals surface area contributed by atoms with Gasteiger partial charge in [0.25, 0.3) is 0 Å². The van der Waals surface area contributed by atoms with Gasteiger partial charge in [0.2, 0.25) is 0 Å². The van der Waals surface area contributed by atoms with Crippen LogP contribution >= 0.6 is 15.9 Å². The van der Waals surface area contributed by atoms with E-state index in [9.17, 15) is 0 Å². The molecular weight excluding hydrogens is 330 g/mol. The van der Waals surface area contributed by atoms with E-state index in [2.05, 4.69) is 50.3 Å². The van der Waals surface area contributed by atoms with E-state index in [0.717, 1.165) is 23.1 Å². The third-order valence-corrected chi connectivity index (χ3v) is 3.98. The fourth-order valence-electron chi connectivity index (χ4n) is 2.10. The second-order valence-corrected chi connectivity index (χ2v) is 5.66. The molecule has 0 saturated heterocycles. The van der Waals surface area contributed by atoms with Gasteiger partial charge >= 0.3 is 0 Å². The number of anilines is 1. The zero-order valence-electron chi connectivity index (χ0n) is 11.8. The summed E-state index contributed by atoms with van der Waals surface area (Å²) in [5.41, 5.74) is 8.66. The van der Waals surface area contributed by atoms with E-state index in [1.54, 1.807) is 0 Å². The van der Waals surface area contributed by atoms with Crippen LogP contribution in [0.4, 0.5) is 5.69 Å². The van der Waals surface area contributed by atoms with Gasteiger partial charge in [0, 0.05) is 23.6 Å². The van der Waals surface area contributed by atoms with Crippen molar-refractivity contribution in [2.45, 2.75) is 6.42 Å². The van der Waals surface area contributed by atoms with Crippen molar-refractivity contribution in [2.75, 3.05) is 18.5 Å². The van der Waals surface area contributed by atoms with Gasteiger partial charge in [0.15, 0.2) is 5.84 Å². The maximum Gasteiger partial charge on any atom is 0.170 e. The first-order valence-corrected chi connectivity index (χ1v) is 7.43. The van der Waals surface area contributed by atoms with Gasteiger partial charge in [-0.15, -0.1) is 0 Å². The predicted octanol–water partition coefficient (Wildman–Crippen LogP) is 3.22. The molecule has 0 fully saturated rings. The molecule has 0 heterocycles. The smallest absolute Gasteiger partial charge is 0.170 e.